The minimum absolute atomic E-state index is 0.0409. The van der Waals surface area contributed by atoms with Crippen molar-refractivity contribution in [3.8, 4) is 0 Å². The summed E-state index contributed by atoms with van der Waals surface area (Å²) < 4.78 is 0. The second-order valence-electron chi connectivity index (χ2n) is 5.78. The highest BCUT2D eigenvalue weighted by atomic mass is 16.2. The first-order valence-corrected chi connectivity index (χ1v) is 8.21. The van der Waals surface area contributed by atoms with Crippen molar-refractivity contribution in [1.29, 1.82) is 0 Å². The van der Waals surface area contributed by atoms with Gasteiger partial charge in [-0.05, 0) is 35.9 Å². The lowest BCUT2D eigenvalue weighted by Crippen LogP contribution is -2.48. The third kappa shape index (κ3) is 4.43. The Morgan fingerprint density at radius 2 is 1.64 bits per heavy atom. The van der Waals surface area contributed by atoms with E-state index in [-0.39, 0.29) is 5.91 Å². The molecule has 0 saturated carbocycles. The number of aliphatic imine (C=N–C) groups is 1. The fourth-order valence-electron chi connectivity index (χ4n) is 2.81. The molecule has 2 aromatic rings. The van der Waals surface area contributed by atoms with Crippen LogP contribution in [0, 0.1) is 0 Å². The van der Waals surface area contributed by atoms with Gasteiger partial charge in [-0.3, -0.25) is 4.79 Å². The molecule has 0 aromatic heterocycles. The minimum atomic E-state index is 0.0409. The van der Waals surface area contributed by atoms with Gasteiger partial charge in [0.2, 0.25) is 12.0 Å². The van der Waals surface area contributed by atoms with Crippen molar-refractivity contribution in [1.82, 2.24) is 4.90 Å². The maximum absolute atomic E-state index is 12.3. The maximum atomic E-state index is 12.3. The molecule has 1 fully saturated rings. The van der Waals surface area contributed by atoms with Gasteiger partial charge in [-0.2, -0.15) is 4.99 Å². The predicted octanol–water partition coefficient (Wildman–Crippen LogP) is 3.02. The number of carbonyl (C=O) groups excluding carboxylic acids is 2. The third-order valence-electron chi connectivity index (χ3n) is 4.20. The molecule has 25 heavy (non-hydrogen) atoms. The largest absolute Gasteiger partial charge is 0.368 e. The van der Waals surface area contributed by atoms with Crippen LogP contribution in [0.1, 0.15) is 5.56 Å². The molecule has 0 unspecified atom stereocenters. The highest BCUT2D eigenvalue weighted by molar-refractivity contribution is 5.92. The van der Waals surface area contributed by atoms with E-state index in [2.05, 4.69) is 9.89 Å². The topological polar surface area (TPSA) is 53.0 Å². The fourth-order valence-corrected chi connectivity index (χ4v) is 2.81. The first-order chi connectivity index (χ1) is 12.3. The van der Waals surface area contributed by atoms with Crippen LogP contribution in [-0.2, 0) is 9.59 Å². The Morgan fingerprint density at radius 1 is 0.960 bits per heavy atom. The van der Waals surface area contributed by atoms with Crippen LogP contribution in [-0.4, -0.2) is 43.1 Å². The van der Waals surface area contributed by atoms with E-state index in [1.807, 2.05) is 53.4 Å². The Hall–Kier alpha value is -3.17. The van der Waals surface area contributed by atoms with Gasteiger partial charge in [-0.1, -0.05) is 30.3 Å². The monoisotopic (exact) mass is 333 g/mol. The van der Waals surface area contributed by atoms with Crippen LogP contribution in [0.25, 0.3) is 6.08 Å². The zero-order chi connectivity index (χ0) is 17.5. The van der Waals surface area contributed by atoms with Gasteiger partial charge in [0.1, 0.15) is 0 Å². The normalized spacial score (nSPS) is 14.4. The quantitative estimate of drug-likeness (QED) is 0.491. The fraction of sp³-hybridized carbons (Fsp3) is 0.200. The van der Waals surface area contributed by atoms with E-state index >= 15 is 0 Å². The SMILES string of the molecule is O=C=Nc1ccc(N2CCN(C(=O)C=Cc3ccccc3)CC2)cc1. The van der Waals surface area contributed by atoms with Crippen molar-refractivity contribution in [2.75, 3.05) is 31.1 Å². The van der Waals surface area contributed by atoms with Crippen molar-refractivity contribution in [2.45, 2.75) is 0 Å². The number of hydrogen-bond donors (Lipinski definition) is 0. The number of isocyanates is 1. The number of carbonyl (C=O) groups is 1. The molecule has 0 spiro atoms. The van der Waals surface area contributed by atoms with Gasteiger partial charge >= 0.3 is 0 Å². The molecule has 1 saturated heterocycles. The van der Waals surface area contributed by atoms with Crippen LogP contribution >= 0.6 is 0 Å². The van der Waals surface area contributed by atoms with Gasteiger partial charge in [-0.25, -0.2) is 4.79 Å². The molecule has 5 heteroatoms. The summed E-state index contributed by atoms with van der Waals surface area (Å²) in [5.41, 5.74) is 2.68. The molecule has 1 aliphatic heterocycles. The summed E-state index contributed by atoms with van der Waals surface area (Å²) in [6.07, 6.45) is 5.02. The lowest BCUT2D eigenvalue weighted by molar-refractivity contribution is -0.126. The smallest absolute Gasteiger partial charge is 0.246 e. The zero-order valence-electron chi connectivity index (χ0n) is 13.8. The highest BCUT2D eigenvalue weighted by Crippen LogP contribution is 2.20. The zero-order valence-corrected chi connectivity index (χ0v) is 13.8. The van der Waals surface area contributed by atoms with Gasteiger partial charge in [-0.15, -0.1) is 0 Å². The van der Waals surface area contributed by atoms with Gasteiger partial charge < -0.3 is 9.80 Å². The van der Waals surface area contributed by atoms with Crippen LogP contribution in [0.4, 0.5) is 11.4 Å². The van der Waals surface area contributed by atoms with Crippen molar-refractivity contribution < 1.29 is 9.59 Å². The number of benzene rings is 2. The molecule has 0 atom stereocenters. The van der Waals surface area contributed by atoms with Gasteiger partial charge in [0.05, 0.1) is 5.69 Å². The molecule has 1 amide bonds. The lowest BCUT2D eigenvalue weighted by Gasteiger charge is -2.35. The molecule has 0 aliphatic carbocycles. The van der Waals surface area contributed by atoms with Crippen LogP contribution in [0.3, 0.4) is 0 Å². The van der Waals surface area contributed by atoms with E-state index in [1.165, 1.54) is 6.08 Å². The van der Waals surface area contributed by atoms with E-state index in [9.17, 15) is 9.59 Å². The molecule has 1 heterocycles. The van der Waals surface area contributed by atoms with Crippen LogP contribution in [0.5, 0.6) is 0 Å². The van der Waals surface area contributed by atoms with E-state index in [0.717, 1.165) is 24.3 Å². The second-order valence-corrected chi connectivity index (χ2v) is 5.78. The Bertz CT molecular complexity index is 785. The van der Waals surface area contributed by atoms with Gasteiger partial charge in [0.15, 0.2) is 0 Å². The lowest BCUT2D eigenvalue weighted by atomic mass is 10.2. The predicted molar refractivity (Wildman–Crippen MR) is 98.5 cm³/mol. The van der Waals surface area contributed by atoms with Crippen LogP contribution in [0.2, 0.25) is 0 Å². The Morgan fingerprint density at radius 3 is 2.28 bits per heavy atom. The van der Waals surface area contributed by atoms with Crippen molar-refractivity contribution in [2.24, 2.45) is 4.99 Å². The first-order valence-electron chi connectivity index (χ1n) is 8.21. The van der Waals surface area contributed by atoms with Crippen molar-refractivity contribution in [3.63, 3.8) is 0 Å². The van der Waals surface area contributed by atoms with Gasteiger partial charge in [0, 0.05) is 37.9 Å². The summed E-state index contributed by atoms with van der Waals surface area (Å²) in [4.78, 5) is 30.2. The summed E-state index contributed by atoms with van der Waals surface area (Å²) in [6.45, 7) is 2.93. The standard InChI is InChI=1S/C20H19N3O2/c24-16-21-18-7-9-19(10-8-18)22-12-14-23(15-13-22)20(25)11-6-17-4-2-1-3-5-17/h1-11H,12-15H2. The average Bonchev–Trinajstić information content (AvgIpc) is 2.68. The molecule has 0 bridgehead atoms. The third-order valence-corrected chi connectivity index (χ3v) is 4.20. The summed E-state index contributed by atoms with van der Waals surface area (Å²) in [5.74, 6) is 0.0409. The Labute approximate surface area is 146 Å². The first kappa shape index (κ1) is 16.7. The molecule has 3 rings (SSSR count). The molecular weight excluding hydrogens is 314 g/mol. The summed E-state index contributed by atoms with van der Waals surface area (Å²) >= 11 is 0. The summed E-state index contributed by atoms with van der Waals surface area (Å²) in [7, 11) is 0. The molecule has 126 valence electrons. The average molecular weight is 333 g/mol. The van der Waals surface area contributed by atoms with Crippen molar-refractivity contribution >= 4 is 29.4 Å². The molecule has 1 aliphatic rings. The summed E-state index contributed by atoms with van der Waals surface area (Å²) in [6, 6.07) is 17.3. The van der Waals surface area contributed by atoms with E-state index < -0.39 is 0 Å². The van der Waals surface area contributed by atoms with Crippen LogP contribution in [0.15, 0.2) is 65.7 Å². The summed E-state index contributed by atoms with van der Waals surface area (Å²) in [5, 5.41) is 0. The molecular formula is C20H19N3O2. The molecule has 2 aromatic carbocycles. The molecule has 0 radical (unpaired) electrons. The Kier molecular flexibility index (Phi) is 5.39. The van der Waals surface area contributed by atoms with E-state index in [0.29, 0.717) is 18.8 Å². The van der Waals surface area contributed by atoms with Crippen LogP contribution < -0.4 is 4.90 Å². The molecule has 5 nitrogen and oxygen atoms in total. The number of amides is 1. The van der Waals surface area contributed by atoms with E-state index in [4.69, 9.17) is 0 Å². The number of nitrogens with zero attached hydrogens (tertiary/aromatic N) is 3. The highest BCUT2D eigenvalue weighted by Gasteiger charge is 2.19. The molecule has 0 N–H and O–H groups in total. The van der Waals surface area contributed by atoms with E-state index in [1.54, 1.807) is 18.2 Å². The Balaban J connectivity index is 1.55. The number of anilines is 1. The second kappa shape index (κ2) is 8.08. The minimum Gasteiger partial charge on any atom is -0.368 e. The number of rotatable bonds is 4. The maximum Gasteiger partial charge on any atom is 0.246 e. The van der Waals surface area contributed by atoms with Crippen molar-refractivity contribution in [3.05, 3.63) is 66.2 Å². The number of piperazine rings is 1. The number of hydrogen-bond acceptors (Lipinski definition) is 4. The van der Waals surface area contributed by atoms with Gasteiger partial charge in [0.25, 0.3) is 0 Å².